The molecule has 31 heavy (non-hydrogen) atoms. The number of nitrogens with one attached hydrogen (secondary N) is 1. The Morgan fingerprint density at radius 1 is 1.06 bits per heavy atom. The number of carbonyl (C=O) groups is 1. The van der Waals surface area contributed by atoms with Gasteiger partial charge in [-0.25, -0.2) is 0 Å². The smallest absolute Gasteiger partial charge is 0.266 e. The van der Waals surface area contributed by atoms with Gasteiger partial charge in [0, 0.05) is 10.7 Å². The molecule has 0 saturated carbocycles. The molecule has 0 saturated heterocycles. The summed E-state index contributed by atoms with van der Waals surface area (Å²) in [4.78, 5) is 12.4. The molecule has 0 aliphatic heterocycles. The number of hydrogen-bond donors (Lipinski definition) is 1. The van der Waals surface area contributed by atoms with Crippen LogP contribution in [-0.4, -0.2) is 13.0 Å². The topological polar surface area (TPSA) is 71.3 Å². The van der Waals surface area contributed by atoms with E-state index in [-0.39, 0.29) is 5.57 Å². The Kier molecular flexibility index (Phi) is 7.55. The van der Waals surface area contributed by atoms with Crippen molar-refractivity contribution in [3.63, 3.8) is 0 Å². The fourth-order valence-corrected chi connectivity index (χ4v) is 3.02. The molecule has 0 aliphatic rings. The van der Waals surface area contributed by atoms with E-state index < -0.39 is 5.91 Å². The number of amides is 1. The largest absolute Gasteiger partial charge is 0.497 e. The maximum atomic E-state index is 12.4. The molecular formula is C24H18Cl2N2O3. The highest BCUT2D eigenvalue weighted by molar-refractivity contribution is 6.32. The molecule has 0 atom stereocenters. The first-order chi connectivity index (χ1) is 15.0. The van der Waals surface area contributed by atoms with Gasteiger partial charge in [-0.2, -0.15) is 5.26 Å². The number of halogens is 2. The third-order valence-electron chi connectivity index (χ3n) is 4.29. The van der Waals surface area contributed by atoms with E-state index in [9.17, 15) is 10.1 Å². The zero-order valence-corrected chi connectivity index (χ0v) is 18.1. The maximum absolute atomic E-state index is 12.4. The maximum Gasteiger partial charge on any atom is 0.266 e. The molecule has 3 aromatic rings. The van der Waals surface area contributed by atoms with Crippen molar-refractivity contribution in [2.45, 2.75) is 6.61 Å². The van der Waals surface area contributed by atoms with Crippen LogP contribution in [0.1, 0.15) is 11.1 Å². The molecule has 1 amide bonds. The lowest BCUT2D eigenvalue weighted by atomic mass is 10.1. The van der Waals surface area contributed by atoms with Gasteiger partial charge < -0.3 is 14.8 Å². The summed E-state index contributed by atoms with van der Waals surface area (Å²) < 4.78 is 10.8. The van der Waals surface area contributed by atoms with Gasteiger partial charge in [0.15, 0.2) is 0 Å². The minimum Gasteiger partial charge on any atom is -0.497 e. The Hall–Kier alpha value is -3.46. The molecule has 3 rings (SSSR count). The first-order valence-electron chi connectivity index (χ1n) is 9.22. The number of anilines is 1. The summed E-state index contributed by atoms with van der Waals surface area (Å²) >= 11 is 12.2. The summed E-state index contributed by atoms with van der Waals surface area (Å²) in [6.07, 6.45) is 1.47. The van der Waals surface area contributed by atoms with Gasteiger partial charge in [0.25, 0.3) is 5.91 Å². The van der Waals surface area contributed by atoms with Gasteiger partial charge in [0.1, 0.15) is 29.7 Å². The molecule has 0 bridgehead atoms. The van der Waals surface area contributed by atoms with Crippen molar-refractivity contribution in [1.29, 1.82) is 5.26 Å². The average Bonchev–Trinajstić information content (AvgIpc) is 2.78. The highest BCUT2D eigenvalue weighted by Crippen LogP contribution is 2.27. The van der Waals surface area contributed by atoms with Gasteiger partial charge in [-0.1, -0.05) is 41.4 Å². The minimum atomic E-state index is -0.521. The highest BCUT2D eigenvalue weighted by Gasteiger charge is 2.11. The second-order valence-electron chi connectivity index (χ2n) is 6.46. The van der Waals surface area contributed by atoms with Crippen LogP contribution < -0.4 is 14.8 Å². The Bertz CT molecular complexity index is 1130. The molecule has 5 nitrogen and oxygen atoms in total. The summed E-state index contributed by atoms with van der Waals surface area (Å²) in [6, 6.07) is 21.1. The van der Waals surface area contributed by atoms with E-state index in [1.807, 2.05) is 18.2 Å². The van der Waals surface area contributed by atoms with Gasteiger partial charge in [-0.15, -0.1) is 0 Å². The van der Waals surface area contributed by atoms with Crippen LogP contribution in [0.15, 0.2) is 72.3 Å². The van der Waals surface area contributed by atoms with E-state index in [1.54, 1.807) is 61.7 Å². The van der Waals surface area contributed by atoms with Crippen molar-refractivity contribution >= 4 is 40.9 Å². The summed E-state index contributed by atoms with van der Waals surface area (Å²) in [5, 5.41) is 13.1. The van der Waals surface area contributed by atoms with E-state index >= 15 is 0 Å². The standard InChI is InChI=1S/C24H18Cl2N2O3/c1-30-21-9-7-20(8-10-21)28-24(29)18(14-27)12-17-4-11-23(22(26)13-17)31-15-16-2-5-19(25)6-3-16/h2-13H,15H2,1H3,(H,28,29)/b18-12-. The predicted molar refractivity (Wildman–Crippen MR) is 122 cm³/mol. The third kappa shape index (κ3) is 6.26. The van der Waals surface area contributed by atoms with Gasteiger partial charge >= 0.3 is 0 Å². The first-order valence-corrected chi connectivity index (χ1v) is 9.98. The SMILES string of the molecule is COc1ccc(NC(=O)/C(C#N)=C\c2ccc(OCc3ccc(Cl)cc3)c(Cl)c2)cc1. The van der Waals surface area contributed by atoms with E-state index in [1.165, 1.54) is 6.08 Å². The van der Waals surface area contributed by atoms with E-state index in [0.29, 0.717) is 39.4 Å². The van der Waals surface area contributed by atoms with Crippen LogP contribution in [0.5, 0.6) is 11.5 Å². The molecule has 3 aromatic carbocycles. The molecule has 0 heterocycles. The predicted octanol–water partition coefficient (Wildman–Crippen LogP) is 6.13. The fraction of sp³-hybridized carbons (Fsp3) is 0.0833. The van der Waals surface area contributed by atoms with Crippen molar-refractivity contribution in [2.75, 3.05) is 12.4 Å². The van der Waals surface area contributed by atoms with Crippen LogP contribution in [0.2, 0.25) is 10.0 Å². The van der Waals surface area contributed by atoms with Crippen LogP contribution in [-0.2, 0) is 11.4 Å². The molecule has 0 spiro atoms. The second-order valence-corrected chi connectivity index (χ2v) is 7.30. The molecule has 156 valence electrons. The van der Waals surface area contributed by atoms with Crippen LogP contribution in [0.25, 0.3) is 6.08 Å². The second kappa shape index (κ2) is 10.5. The normalized spacial score (nSPS) is 10.8. The Morgan fingerprint density at radius 2 is 1.77 bits per heavy atom. The van der Waals surface area contributed by atoms with Crippen molar-refractivity contribution < 1.29 is 14.3 Å². The van der Waals surface area contributed by atoms with Crippen LogP contribution in [0.3, 0.4) is 0 Å². The van der Waals surface area contributed by atoms with Crippen molar-refractivity contribution in [2.24, 2.45) is 0 Å². The zero-order chi connectivity index (χ0) is 22.2. The molecule has 0 radical (unpaired) electrons. The van der Waals surface area contributed by atoms with Gasteiger partial charge in [0.05, 0.1) is 12.1 Å². The third-order valence-corrected chi connectivity index (χ3v) is 4.83. The molecule has 0 aliphatic carbocycles. The number of rotatable bonds is 7. The number of methoxy groups -OCH3 is 1. The summed E-state index contributed by atoms with van der Waals surface area (Å²) in [7, 11) is 1.56. The van der Waals surface area contributed by atoms with Gasteiger partial charge in [-0.3, -0.25) is 4.79 Å². The molecule has 1 N–H and O–H groups in total. The summed E-state index contributed by atoms with van der Waals surface area (Å²) in [6.45, 7) is 0.333. The monoisotopic (exact) mass is 452 g/mol. The quantitative estimate of drug-likeness (QED) is 0.345. The average molecular weight is 453 g/mol. The Balaban J connectivity index is 1.68. The lowest BCUT2D eigenvalue weighted by Gasteiger charge is -2.09. The Labute approximate surface area is 190 Å². The minimum absolute atomic E-state index is 0.0540. The van der Waals surface area contributed by atoms with Crippen LogP contribution >= 0.6 is 23.2 Å². The van der Waals surface area contributed by atoms with Crippen molar-refractivity contribution in [3.8, 4) is 17.6 Å². The lowest BCUT2D eigenvalue weighted by Crippen LogP contribution is -2.13. The number of ether oxygens (including phenoxy) is 2. The summed E-state index contributed by atoms with van der Waals surface area (Å²) in [5.74, 6) is 0.642. The van der Waals surface area contributed by atoms with Gasteiger partial charge in [0.2, 0.25) is 0 Å². The summed E-state index contributed by atoms with van der Waals surface area (Å²) in [5.41, 5.74) is 2.05. The molecule has 7 heteroatoms. The van der Waals surface area contributed by atoms with Crippen LogP contribution in [0.4, 0.5) is 5.69 Å². The van der Waals surface area contributed by atoms with Crippen LogP contribution in [0, 0.1) is 11.3 Å². The fourth-order valence-electron chi connectivity index (χ4n) is 2.65. The number of carbonyl (C=O) groups excluding carboxylic acids is 1. The molecule has 0 aromatic heterocycles. The molecular weight excluding hydrogens is 435 g/mol. The van der Waals surface area contributed by atoms with E-state index in [4.69, 9.17) is 32.7 Å². The number of nitriles is 1. The number of hydrogen-bond acceptors (Lipinski definition) is 4. The molecule has 0 fully saturated rings. The van der Waals surface area contributed by atoms with E-state index in [0.717, 1.165) is 5.56 Å². The lowest BCUT2D eigenvalue weighted by molar-refractivity contribution is -0.112. The van der Waals surface area contributed by atoms with Crippen molar-refractivity contribution in [3.05, 3.63) is 93.5 Å². The van der Waals surface area contributed by atoms with Gasteiger partial charge in [-0.05, 0) is 65.7 Å². The highest BCUT2D eigenvalue weighted by atomic mass is 35.5. The molecule has 0 unspecified atom stereocenters. The number of nitrogens with zero attached hydrogens (tertiary/aromatic N) is 1. The van der Waals surface area contributed by atoms with E-state index in [2.05, 4.69) is 5.32 Å². The first kappa shape index (κ1) is 22.2. The number of benzene rings is 3. The Morgan fingerprint density at radius 3 is 2.39 bits per heavy atom. The van der Waals surface area contributed by atoms with Crippen molar-refractivity contribution in [1.82, 2.24) is 0 Å². The zero-order valence-electron chi connectivity index (χ0n) is 16.6.